The molecular formula is C20H31N3O3. The predicted molar refractivity (Wildman–Crippen MR) is 102 cm³/mol. The molecule has 0 bridgehead atoms. The number of ether oxygens (including phenoxy) is 1. The lowest BCUT2D eigenvalue weighted by Crippen LogP contribution is -2.48. The van der Waals surface area contributed by atoms with E-state index in [0.29, 0.717) is 13.1 Å². The highest BCUT2D eigenvalue weighted by atomic mass is 16.5. The molecule has 144 valence electrons. The van der Waals surface area contributed by atoms with Crippen LogP contribution in [0.2, 0.25) is 0 Å². The van der Waals surface area contributed by atoms with Gasteiger partial charge in [-0.1, -0.05) is 12.1 Å². The molecule has 6 heteroatoms. The minimum atomic E-state index is -0.319. The zero-order valence-corrected chi connectivity index (χ0v) is 16.6. The van der Waals surface area contributed by atoms with Gasteiger partial charge in [-0.2, -0.15) is 0 Å². The Kier molecular flexibility index (Phi) is 6.16. The van der Waals surface area contributed by atoms with Crippen LogP contribution in [0.25, 0.3) is 0 Å². The smallest absolute Gasteiger partial charge is 0.317 e. The molecule has 0 spiro atoms. The maximum Gasteiger partial charge on any atom is 0.317 e. The summed E-state index contributed by atoms with van der Waals surface area (Å²) in [5, 5.41) is 5.98. The van der Waals surface area contributed by atoms with Gasteiger partial charge in [-0.15, -0.1) is 0 Å². The number of nitrogens with one attached hydrogen (secondary N) is 2. The Hall–Kier alpha value is -2.24. The molecule has 2 N–H and O–H groups in total. The summed E-state index contributed by atoms with van der Waals surface area (Å²) in [4.78, 5) is 27.1. The summed E-state index contributed by atoms with van der Waals surface area (Å²) in [5.74, 6) is 0.395. The number of rotatable bonds is 4. The Labute approximate surface area is 156 Å². The number of urea groups is 1. The lowest BCUT2D eigenvalue weighted by Gasteiger charge is -2.25. The first-order chi connectivity index (χ1) is 12.1. The quantitative estimate of drug-likeness (QED) is 0.866. The van der Waals surface area contributed by atoms with E-state index in [9.17, 15) is 9.59 Å². The number of likely N-dealkylation sites (tertiary alicyclic amines) is 1. The molecule has 1 saturated heterocycles. The Bertz CT molecular complexity index is 652. The van der Waals surface area contributed by atoms with Crippen LogP contribution in [0.1, 0.15) is 46.1 Å². The monoisotopic (exact) mass is 361 g/mol. The van der Waals surface area contributed by atoms with E-state index in [1.165, 1.54) is 0 Å². The van der Waals surface area contributed by atoms with Gasteiger partial charge >= 0.3 is 6.03 Å². The minimum absolute atomic E-state index is 0.0149. The van der Waals surface area contributed by atoms with Crippen LogP contribution in [-0.2, 0) is 4.79 Å². The zero-order chi connectivity index (χ0) is 19.5. The van der Waals surface area contributed by atoms with E-state index in [4.69, 9.17) is 4.74 Å². The van der Waals surface area contributed by atoms with Crippen molar-refractivity contribution in [1.29, 1.82) is 0 Å². The van der Waals surface area contributed by atoms with Crippen LogP contribution in [0.15, 0.2) is 24.3 Å². The second-order valence-corrected chi connectivity index (χ2v) is 8.24. The first-order valence-corrected chi connectivity index (χ1v) is 9.12. The number of benzene rings is 1. The van der Waals surface area contributed by atoms with Crippen LogP contribution in [0, 0.1) is 5.92 Å². The summed E-state index contributed by atoms with van der Waals surface area (Å²) in [5.41, 5.74) is 0.695. The van der Waals surface area contributed by atoms with Crippen LogP contribution in [0.4, 0.5) is 4.79 Å². The first kappa shape index (κ1) is 20.1. The molecule has 0 saturated carbocycles. The van der Waals surface area contributed by atoms with Gasteiger partial charge in [0.1, 0.15) is 5.75 Å². The number of nitrogens with zero attached hydrogens (tertiary/aromatic N) is 1. The van der Waals surface area contributed by atoms with Crippen molar-refractivity contribution in [3.05, 3.63) is 29.8 Å². The van der Waals surface area contributed by atoms with Gasteiger partial charge in [0.15, 0.2) is 0 Å². The van der Waals surface area contributed by atoms with Crippen LogP contribution in [0.5, 0.6) is 5.75 Å². The molecule has 0 radical (unpaired) electrons. The first-order valence-electron chi connectivity index (χ1n) is 9.12. The molecule has 26 heavy (non-hydrogen) atoms. The molecule has 1 aromatic carbocycles. The number of hydrogen-bond acceptors (Lipinski definition) is 3. The molecule has 3 amide bonds. The number of methoxy groups -OCH3 is 1. The molecule has 1 fully saturated rings. The Morgan fingerprint density at radius 3 is 2.50 bits per heavy atom. The van der Waals surface area contributed by atoms with Gasteiger partial charge < -0.3 is 20.3 Å². The fourth-order valence-corrected chi connectivity index (χ4v) is 3.24. The third kappa shape index (κ3) is 5.13. The molecule has 1 aromatic rings. The number of carbonyl (C=O) groups excluding carboxylic acids is 2. The molecular weight excluding hydrogens is 330 g/mol. The normalized spacial score (nSPS) is 20.2. The maximum absolute atomic E-state index is 12.7. The van der Waals surface area contributed by atoms with Gasteiger partial charge in [0.25, 0.3) is 0 Å². The fraction of sp³-hybridized carbons (Fsp3) is 0.600. The third-order valence-corrected chi connectivity index (χ3v) is 4.38. The largest absolute Gasteiger partial charge is 0.497 e. The van der Waals surface area contributed by atoms with Crippen molar-refractivity contribution in [2.75, 3.05) is 20.2 Å². The van der Waals surface area contributed by atoms with Crippen molar-refractivity contribution >= 4 is 11.9 Å². The van der Waals surface area contributed by atoms with Crippen molar-refractivity contribution in [3.63, 3.8) is 0 Å². The molecule has 2 rings (SSSR count). The highest BCUT2D eigenvalue weighted by molar-refractivity contribution is 5.83. The Balaban J connectivity index is 2.26. The van der Waals surface area contributed by atoms with Crippen molar-refractivity contribution in [2.24, 2.45) is 5.92 Å². The molecule has 1 aliphatic rings. The van der Waals surface area contributed by atoms with Gasteiger partial charge in [0.05, 0.1) is 13.0 Å². The van der Waals surface area contributed by atoms with E-state index >= 15 is 0 Å². The minimum Gasteiger partial charge on any atom is -0.497 e. The average Bonchev–Trinajstić information content (AvgIpc) is 2.98. The molecule has 6 nitrogen and oxygen atoms in total. The molecule has 0 aromatic heterocycles. The van der Waals surface area contributed by atoms with Gasteiger partial charge in [0, 0.05) is 30.6 Å². The topological polar surface area (TPSA) is 70.7 Å². The summed E-state index contributed by atoms with van der Waals surface area (Å²) in [6.45, 7) is 10.6. The number of hydrogen-bond donors (Lipinski definition) is 2. The van der Waals surface area contributed by atoms with E-state index < -0.39 is 0 Å². The van der Waals surface area contributed by atoms with E-state index in [2.05, 4.69) is 10.6 Å². The number of amides is 3. The second kappa shape index (κ2) is 7.98. The molecule has 2 atom stereocenters. The second-order valence-electron chi connectivity index (χ2n) is 8.24. The highest BCUT2D eigenvalue weighted by Crippen LogP contribution is 2.34. The summed E-state index contributed by atoms with van der Waals surface area (Å²) in [6.07, 6.45) is 0. The van der Waals surface area contributed by atoms with E-state index in [0.717, 1.165) is 11.3 Å². The van der Waals surface area contributed by atoms with Crippen molar-refractivity contribution < 1.29 is 14.3 Å². The summed E-state index contributed by atoms with van der Waals surface area (Å²) in [7, 11) is 1.62. The van der Waals surface area contributed by atoms with E-state index in [1.54, 1.807) is 12.0 Å². The summed E-state index contributed by atoms with van der Waals surface area (Å²) in [6, 6.07) is 7.67. The van der Waals surface area contributed by atoms with Crippen molar-refractivity contribution in [1.82, 2.24) is 15.5 Å². The summed E-state index contributed by atoms with van der Waals surface area (Å²) < 4.78 is 5.32. The average molecular weight is 361 g/mol. The maximum atomic E-state index is 12.7. The van der Waals surface area contributed by atoms with E-state index in [1.807, 2.05) is 58.9 Å². The van der Waals surface area contributed by atoms with Crippen LogP contribution in [0.3, 0.4) is 0 Å². The molecule has 1 heterocycles. The van der Waals surface area contributed by atoms with Crippen molar-refractivity contribution in [3.8, 4) is 5.75 Å². The molecule has 1 aliphatic heterocycles. The van der Waals surface area contributed by atoms with Crippen LogP contribution in [-0.4, -0.2) is 48.6 Å². The summed E-state index contributed by atoms with van der Waals surface area (Å²) >= 11 is 0. The predicted octanol–water partition coefficient (Wildman–Crippen LogP) is 2.74. The van der Waals surface area contributed by atoms with Crippen molar-refractivity contribution in [2.45, 2.75) is 52.1 Å². The zero-order valence-electron chi connectivity index (χ0n) is 16.6. The van der Waals surface area contributed by atoms with Crippen LogP contribution < -0.4 is 15.4 Å². The molecule has 0 aliphatic carbocycles. The Morgan fingerprint density at radius 2 is 1.92 bits per heavy atom. The van der Waals surface area contributed by atoms with Gasteiger partial charge in [0.2, 0.25) is 5.91 Å². The van der Waals surface area contributed by atoms with Gasteiger partial charge in [-0.05, 0) is 52.3 Å². The lowest BCUT2D eigenvalue weighted by molar-refractivity contribution is -0.125. The standard InChI is InChI=1S/C20H31N3O3/c1-13(2)21-18(24)17-12-23(19(25)22-20(3,4)5)11-16(17)14-8-7-9-15(10-14)26-6/h7-10,13,16-17H,11-12H2,1-6H3,(H,21,24)(H,22,25). The van der Waals surface area contributed by atoms with Gasteiger partial charge in [-0.3, -0.25) is 4.79 Å². The molecule has 2 unspecified atom stereocenters. The van der Waals surface area contributed by atoms with E-state index in [-0.39, 0.29) is 35.4 Å². The van der Waals surface area contributed by atoms with Crippen LogP contribution >= 0.6 is 0 Å². The number of carbonyl (C=O) groups is 2. The SMILES string of the molecule is COc1cccc(C2CN(C(=O)NC(C)(C)C)CC2C(=O)NC(C)C)c1. The highest BCUT2D eigenvalue weighted by Gasteiger charge is 2.41. The Morgan fingerprint density at radius 1 is 1.23 bits per heavy atom. The van der Waals surface area contributed by atoms with Gasteiger partial charge in [-0.25, -0.2) is 4.79 Å². The fourth-order valence-electron chi connectivity index (χ4n) is 3.24. The third-order valence-electron chi connectivity index (χ3n) is 4.38. The lowest BCUT2D eigenvalue weighted by atomic mass is 9.88.